The molecule has 39 heteroatoms. The quantitative estimate of drug-likeness (QED) is 0.0174. The number of methoxy groups -OCH3 is 3. The molecule has 10 aromatic rings. The van der Waals surface area contributed by atoms with Gasteiger partial charge in [-0.15, -0.1) is 81.2 Å². The number of amides is 11. The van der Waals surface area contributed by atoms with Crippen molar-refractivity contribution >= 4 is 186 Å². The number of alkyl halides is 3. The third-order valence-electron chi connectivity index (χ3n) is 25.9. The van der Waals surface area contributed by atoms with Crippen molar-refractivity contribution in [2.75, 3.05) is 90.8 Å². The van der Waals surface area contributed by atoms with Crippen LogP contribution in [0.25, 0.3) is 0 Å². The predicted molar refractivity (Wildman–Crippen MR) is 569 cm³/mol. The maximum Gasteiger partial charge on any atom is 0.573 e. The molecular formula is C105H126F3N13O16S7. The Hall–Kier alpha value is -12.1. The first kappa shape index (κ1) is 111. The van der Waals surface area contributed by atoms with Crippen molar-refractivity contribution in [1.82, 2.24) is 0 Å². The Morgan fingerprint density at radius 2 is 0.799 bits per heavy atom. The van der Waals surface area contributed by atoms with Crippen molar-refractivity contribution in [3.8, 4) is 23.0 Å². The van der Waals surface area contributed by atoms with E-state index in [9.17, 15) is 70.7 Å². The molecule has 6 aromatic heterocycles. The number of nitrogens with one attached hydrogen (secondary N) is 6. The van der Waals surface area contributed by atoms with Gasteiger partial charge >= 0.3 is 6.36 Å². The summed E-state index contributed by atoms with van der Waals surface area (Å²) in [4.78, 5) is 154. The van der Waals surface area contributed by atoms with Crippen LogP contribution in [-0.4, -0.2) is 131 Å². The van der Waals surface area contributed by atoms with Gasteiger partial charge < -0.3 is 90.2 Å². The minimum Gasteiger partial charge on any atom is -0.497 e. The van der Waals surface area contributed by atoms with Gasteiger partial charge in [-0.3, -0.25) is 57.5 Å². The first-order chi connectivity index (χ1) is 69.0. The van der Waals surface area contributed by atoms with Crippen LogP contribution in [0.3, 0.4) is 0 Å². The smallest absolute Gasteiger partial charge is 0.497 e. The van der Waals surface area contributed by atoms with E-state index in [0.717, 1.165) is 238 Å². The molecule has 7 aliphatic rings. The Morgan fingerprint density at radius 1 is 0.410 bits per heavy atom. The molecule has 6 heterocycles. The fraction of sp³-hybridized carbons (Fsp3) is 0.429. The molecule has 11 amide bonds. The summed E-state index contributed by atoms with van der Waals surface area (Å²) in [5, 5.41) is 21.0. The second-order valence-corrected chi connectivity index (χ2v) is 44.1. The van der Waals surface area contributed by atoms with E-state index < -0.39 is 53.5 Å². The fourth-order valence-corrected chi connectivity index (χ4v) is 27.1. The van der Waals surface area contributed by atoms with Gasteiger partial charge in [0.1, 0.15) is 41.5 Å². The van der Waals surface area contributed by atoms with Crippen LogP contribution in [-0.2, 0) is 109 Å². The van der Waals surface area contributed by atoms with Crippen LogP contribution in [0.1, 0.15) is 286 Å². The number of primary amides is 6. The van der Waals surface area contributed by atoms with Gasteiger partial charge in [-0.2, -0.15) is 11.8 Å². The van der Waals surface area contributed by atoms with Gasteiger partial charge in [-0.05, 0) is 302 Å². The number of thiophene rings is 6. The van der Waals surface area contributed by atoms with Crippen molar-refractivity contribution in [3.63, 3.8) is 0 Å². The molecule has 1 saturated carbocycles. The van der Waals surface area contributed by atoms with Gasteiger partial charge in [0.2, 0.25) is 17.7 Å². The summed E-state index contributed by atoms with van der Waals surface area (Å²) >= 11 is 10.6. The SMILES string of the molecule is CN(C)c1ccc(C(=O)Nc2sc3c(c2C(N)=O)CCCC3)cc1.COc1ccc(CC(=O)CNc2sc3c(c2C(N)=O)CCCC3)cc1OC.COc1cccc(CC(=O)Nc2sc3c(c2C(N)=O)CCC(C)C3)c1.CSCCCC(=O)Nc1sc2c(c1C(N)=O)CCCC2.NC(=O)c1c(NC(=O)CCC2CCCC2)sc2c1CCCC2.NC(=O)c1c(NC(=O)c2ccc(OC(F)(F)F)cc2)sc2c1CCCC2. The molecule has 770 valence electrons. The zero-order valence-electron chi connectivity index (χ0n) is 82.0. The molecule has 1 unspecified atom stereocenters. The number of fused-ring (bicyclic) bond motifs is 6. The molecule has 0 saturated heterocycles. The Balaban J connectivity index is 0.000000154. The number of ketones is 1. The van der Waals surface area contributed by atoms with Crippen LogP contribution in [0.4, 0.5) is 48.9 Å². The summed E-state index contributed by atoms with van der Waals surface area (Å²) < 4.78 is 56.0. The largest absolute Gasteiger partial charge is 0.573 e. The highest BCUT2D eigenvalue weighted by Gasteiger charge is 2.35. The lowest BCUT2D eigenvalue weighted by Crippen LogP contribution is -2.20. The number of carbonyl (C=O) groups is 12. The summed E-state index contributed by atoms with van der Waals surface area (Å²) in [5.41, 5.74) is 45.8. The van der Waals surface area contributed by atoms with E-state index in [0.29, 0.717) is 106 Å². The Kier molecular flexibility index (Phi) is 40.4. The van der Waals surface area contributed by atoms with Crippen molar-refractivity contribution in [2.45, 2.75) is 225 Å². The summed E-state index contributed by atoms with van der Waals surface area (Å²) in [6, 6.07) is 24.7. The van der Waals surface area contributed by atoms with E-state index in [1.807, 2.05) is 67.7 Å². The lowest BCUT2D eigenvalue weighted by molar-refractivity contribution is -0.274. The molecule has 0 bridgehead atoms. The van der Waals surface area contributed by atoms with Crippen molar-refractivity contribution in [2.24, 2.45) is 46.2 Å². The maximum absolute atomic E-state index is 12.5. The van der Waals surface area contributed by atoms with Crippen molar-refractivity contribution in [3.05, 3.63) is 209 Å². The molecule has 0 radical (unpaired) electrons. The average Bonchev–Trinajstić information content (AvgIpc) is 1.54. The molecule has 7 aliphatic carbocycles. The summed E-state index contributed by atoms with van der Waals surface area (Å²) in [7, 11) is 8.63. The number of hydrogen-bond donors (Lipinski definition) is 12. The van der Waals surface area contributed by atoms with Gasteiger partial charge in [0.15, 0.2) is 17.3 Å². The third kappa shape index (κ3) is 30.1. The number of rotatable bonds is 32. The average molecular weight is 2110 g/mol. The van der Waals surface area contributed by atoms with Gasteiger partial charge in [-0.1, -0.05) is 50.8 Å². The van der Waals surface area contributed by atoms with Crippen LogP contribution in [0.5, 0.6) is 23.0 Å². The number of carbonyl (C=O) groups excluding carboxylic acids is 12. The van der Waals surface area contributed by atoms with Gasteiger partial charge in [0.25, 0.3) is 47.3 Å². The molecular weight excluding hydrogens is 1980 g/mol. The minimum absolute atomic E-state index is 0.0176. The summed E-state index contributed by atoms with van der Waals surface area (Å²) in [6.07, 6.45) is 28.4. The van der Waals surface area contributed by atoms with Crippen LogP contribution in [0.2, 0.25) is 0 Å². The molecule has 1 fully saturated rings. The summed E-state index contributed by atoms with van der Waals surface area (Å²) in [5.74, 6) is 0.0677. The van der Waals surface area contributed by atoms with Gasteiger partial charge in [0.05, 0.1) is 67.7 Å². The topological polar surface area (TPSA) is 473 Å². The Labute approximate surface area is 864 Å². The summed E-state index contributed by atoms with van der Waals surface area (Å²) in [6.45, 7) is 2.35. The highest BCUT2D eigenvalue weighted by atomic mass is 32.2. The normalized spacial score (nSPS) is 14.6. The first-order valence-electron chi connectivity index (χ1n) is 48.4. The number of nitrogens with zero attached hydrogens (tertiary/aromatic N) is 1. The van der Waals surface area contributed by atoms with Crippen LogP contribution in [0.15, 0.2) is 91.0 Å². The highest BCUT2D eigenvalue weighted by molar-refractivity contribution is 7.98. The third-order valence-corrected chi connectivity index (χ3v) is 33.8. The van der Waals surface area contributed by atoms with Crippen molar-refractivity contribution < 1.29 is 89.7 Å². The molecule has 29 nitrogen and oxygen atoms in total. The molecule has 144 heavy (non-hydrogen) atoms. The lowest BCUT2D eigenvalue weighted by Gasteiger charge is -2.18. The van der Waals surface area contributed by atoms with Crippen LogP contribution in [0, 0.1) is 11.8 Å². The zero-order chi connectivity index (χ0) is 104. The van der Waals surface area contributed by atoms with E-state index in [1.54, 1.807) is 80.0 Å². The molecule has 0 spiro atoms. The second kappa shape index (κ2) is 52.6. The van der Waals surface area contributed by atoms with E-state index >= 15 is 0 Å². The van der Waals surface area contributed by atoms with E-state index in [4.69, 9.17) is 48.6 Å². The molecule has 18 N–H and O–H groups in total. The van der Waals surface area contributed by atoms with Crippen LogP contribution >= 0.6 is 79.8 Å². The molecule has 1 atom stereocenters. The molecule has 0 aliphatic heterocycles. The Bertz CT molecular complexity index is 6310. The number of thioether (sulfide) groups is 1. The standard InChI is InChI=1S/C20H24N2O4S.C19H22N2O3S.C18H21N3O2S.C17H15F3N2O3S.C17H24N2O2S.C14H20N2O2S2/c1-25-15-8-7-12(10-16(15)26-2)9-13(23)11-22-20-18(19(21)24)14-5-3-4-6-17(14)27-20;1-11-6-7-14-15(8-11)25-19(17(14)18(20)23)21-16(22)10-12-4-3-5-13(9-12)24-2;1-21(2)12-9-7-11(8-10-12)17(23)20-18-15(16(19)22)13-5-3-4-6-14(13)24-18;18-17(19,20)25-10-7-5-9(6-8-10)15(24)22-16-13(14(21)23)11-3-1-2-4-12(11)26-16;18-16(21)15-12-7-3-4-8-13(12)22-17(15)19-14(20)10-9-11-5-1-2-6-11;1-19-8-4-7-11(17)16-14-12(13(15)18)9-5-2-3-6-10(9)20-14/h7-8,10,22H,3-6,9,11H2,1-2H3,(H2,21,24);3-5,9,11H,6-8,10H2,1-2H3,(H2,20,23)(H,21,22);7-10H,3-6H2,1-2H3,(H2,19,22)(H,20,23);5-8H,1-4H2,(H2,21,23)(H,22,24);11H,1-10H2,(H2,18,21)(H,19,20);2-8H2,1H3,(H2,15,18)(H,16,17). The van der Waals surface area contributed by atoms with E-state index in [-0.39, 0.29) is 54.4 Å². The number of aryl methyl sites for hydroxylation is 5. The van der Waals surface area contributed by atoms with Gasteiger partial charge in [-0.25, -0.2) is 0 Å². The number of halogens is 3. The monoisotopic (exact) mass is 2110 g/mol. The fourth-order valence-electron chi connectivity index (χ4n) is 18.8. The number of anilines is 7. The highest BCUT2D eigenvalue weighted by Crippen LogP contribution is 2.46. The zero-order valence-corrected chi connectivity index (χ0v) is 87.7. The predicted octanol–water partition coefficient (Wildman–Crippen LogP) is 19.5. The number of Topliss-reactive ketones (excluding diaryl/α,β-unsaturated/α-hetero) is 1. The number of ether oxygens (including phenoxy) is 4. The molecule has 17 rings (SSSR count). The number of hydrogen-bond acceptors (Lipinski definition) is 25. The van der Waals surface area contributed by atoms with E-state index in [1.165, 1.54) is 108 Å². The van der Waals surface area contributed by atoms with Gasteiger partial charge in [0, 0.05) is 79.4 Å². The minimum atomic E-state index is -4.80. The lowest BCUT2D eigenvalue weighted by atomic mass is 9.88. The second-order valence-electron chi connectivity index (χ2n) is 36.5. The Morgan fingerprint density at radius 3 is 1.22 bits per heavy atom. The number of nitrogens with two attached hydrogens (primary N) is 6. The first-order valence-corrected chi connectivity index (χ1v) is 54.7. The van der Waals surface area contributed by atoms with Crippen molar-refractivity contribution in [1.29, 1.82) is 0 Å². The van der Waals surface area contributed by atoms with Crippen LogP contribution < -0.4 is 90.2 Å². The number of benzene rings is 4. The van der Waals surface area contributed by atoms with E-state index in [2.05, 4.69) is 43.6 Å². The molecule has 4 aromatic carbocycles. The maximum atomic E-state index is 12.5.